The third-order valence-electron chi connectivity index (χ3n) is 2.73. The van der Waals surface area contributed by atoms with Crippen molar-refractivity contribution >= 4 is 11.6 Å². The molecule has 0 aromatic carbocycles. The van der Waals surface area contributed by atoms with Gasteiger partial charge in [0.05, 0.1) is 17.6 Å². The highest BCUT2D eigenvalue weighted by molar-refractivity contribution is 6.31. The number of hydrogen-bond acceptors (Lipinski definition) is 3. The van der Waals surface area contributed by atoms with Gasteiger partial charge in [-0.1, -0.05) is 25.4 Å². The van der Waals surface area contributed by atoms with E-state index in [-0.39, 0.29) is 6.04 Å². The number of hydrogen-bond donors (Lipinski definition) is 1. The van der Waals surface area contributed by atoms with Crippen molar-refractivity contribution in [2.75, 3.05) is 13.1 Å². The zero-order chi connectivity index (χ0) is 11.4. The molecular formula is C11H19ClN2O. The molecule has 0 saturated carbocycles. The second kappa shape index (κ2) is 5.54. The molecular weight excluding hydrogens is 212 g/mol. The molecule has 1 atom stereocenters. The van der Waals surface area contributed by atoms with E-state index in [4.69, 9.17) is 21.8 Å². The number of nitrogens with zero attached hydrogens (tertiary/aromatic N) is 1. The van der Waals surface area contributed by atoms with Gasteiger partial charge in [0, 0.05) is 6.07 Å². The molecule has 1 rings (SSSR count). The molecule has 0 aliphatic rings. The fourth-order valence-electron chi connectivity index (χ4n) is 1.72. The van der Waals surface area contributed by atoms with E-state index in [2.05, 4.69) is 25.7 Å². The van der Waals surface area contributed by atoms with Gasteiger partial charge in [-0.3, -0.25) is 4.90 Å². The zero-order valence-corrected chi connectivity index (χ0v) is 10.3. The molecule has 0 aliphatic heterocycles. The van der Waals surface area contributed by atoms with Gasteiger partial charge >= 0.3 is 0 Å². The van der Waals surface area contributed by atoms with Crippen molar-refractivity contribution in [1.82, 2.24) is 4.90 Å². The normalized spacial score (nSPS) is 13.5. The van der Waals surface area contributed by atoms with Gasteiger partial charge in [-0.05, 0) is 20.0 Å². The second-order valence-electron chi connectivity index (χ2n) is 3.52. The monoisotopic (exact) mass is 230 g/mol. The second-order valence-corrected chi connectivity index (χ2v) is 3.93. The van der Waals surface area contributed by atoms with Crippen LogP contribution in [0.3, 0.4) is 0 Å². The lowest BCUT2D eigenvalue weighted by Gasteiger charge is -2.24. The van der Waals surface area contributed by atoms with Gasteiger partial charge < -0.3 is 10.2 Å². The van der Waals surface area contributed by atoms with Crippen LogP contribution in [-0.2, 0) is 6.54 Å². The molecule has 1 aromatic rings. The van der Waals surface area contributed by atoms with Crippen molar-refractivity contribution in [1.29, 1.82) is 0 Å². The van der Waals surface area contributed by atoms with Gasteiger partial charge in [-0.25, -0.2) is 0 Å². The summed E-state index contributed by atoms with van der Waals surface area (Å²) in [6.45, 7) is 8.72. The predicted molar refractivity (Wildman–Crippen MR) is 62.9 cm³/mol. The summed E-state index contributed by atoms with van der Waals surface area (Å²) in [6.07, 6.45) is 0. The number of nitrogens with two attached hydrogens (primary N) is 1. The Morgan fingerprint density at radius 1 is 1.47 bits per heavy atom. The summed E-state index contributed by atoms with van der Waals surface area (Å²) in [6, 6.07) is 2.12. The quantitative estimate of drug-likeness (QED) is 0.846. The maximum absolute atomic E-state index is 5.99. The van der Waals surface area contributed by atoms with Gasteiger partial charge in [-0.15, -0.1) is 0 Å². The molecule has 0 amide bonds. The zero-order valence-electron chi connectivity index (χ0n) is 9.59. The highest BCUT2D eigenvalue weighted by atomic mass is 35.5. The molecule has 1 aromatic heterocycles. The SMILES string of the molecule is CCN(CC)C(C)c1cc(Cl)c(CN)o1. The molecule has 1 heterocycles. The van der Waals surface area contributed by atoms with Gasteiger partial charge in [0.2, 0.25) is 0 Å². The van der Waals surface area contributed by atoms with E-state index < -0.39 is 0 Å². The fraction of sp³-hybridized carbons (Fsp3) is 0.636. The van der Waals surface area contributed by atoms with Crippen molar-refractivity contribution in [2.45, 2.75) is 33.4 Å². The maximum atomic E-state index is 5.99. The molecule has 0 bridgehead atoms. The van der Waals surface area contributed by atoms with Gasteiger partial charge in [0.25, 0.3) is 0 Å². The summed E-state index contributed by atoms with van der Waals surface area (Å²) in [7, 11) is 0. The Bertz CT molecular complexity index is 308. The van der Waals surface area contributed by atoms with Crippen LogP contribution in [0.5, 0.6) is 0 Å². The first kappa shape index (κ1) is 12.6. The molecule has 3 nitrogen and oxygen atoms in total. The van der Waals surface area contributed by atoms with Crippen LogP contribution in [0.1, 0.15) is 38.3 Å². The summed E-state index contributed by atoms with van der Waals surface area (Å²) in [5.41, 5.74) is 5.51. The average Bonchev–Trinajstić information content (AvgIpc) is 2.61. The van der Waals surface area contributed by atoms with E-state index in [0.29, 0.717) is 17.3 Å². The lowest BCUT2D eigenvalue weighted by molar-refractivity contribution is 0.205. The molecule has 0 fully saturated rings. The van der Waals surface area contributed by atoms with E-state index in [1.54, 1.807) is 0 Å². The highest BCUT2D eigenvalue weighted by Crippen LogP contribution is 2.27. The lowest BCUT2D eigenvalue weighted by Crippen LogP contribution is -2.26. The van der Waals surface area contributed by atoms with Crippen LogP contribution in [0.15, 0.2) is 10.5 Å². The Kier molecular flexibility index (Phi) is 4.64. The lowest BCUT2D eigenvalue weighted by atomic mass is 10.2. The average molecular weight is 231 g/mol. The minimum absolute atomic E-state index is 0.248. The topological polar surface area (TPSA) is 42.4 Å². The van der Waals surface area contributed by atoms with Crippen LogP contribution in [-0.4, -0.2) is 18.0 Å². The predicted octanol–water partition coefficient (Wildman–Crippen LogP) is 2.79. The van der Waals surface area contributed by atoms with E-state index in [9.17, 15) is 0 Å². The Balaban J connectivity index is 2.85. The summed E-state index contributed by atoms with van der Waals surface area (Å²) in [5, 5.41) is 0.631. The van der Waals surface area contributed by atoms with Crippen molar-refractivity contribution < 1.29 is 4.42 Å². The molecule has 0 aliphatic carbocycles. The van der Waals surface area contributed by atoms with Crippen molar-refractivity contribution in [3.63, 3.8) is 0 Å². The van der Waals surface area contributed by atoms with E-state index >= 15 is 0 Å². The highest BCUT2D eigenvalue weighted by Gasteiger charge is 2.18. The van der Waals surface area contributed by atoms with Gasteiger partial charge in [0.15, 0.2) is 0 Å². The Hall–Kier alpha value is -0.510. The maximum Gasteiger partial charge on any atom is 0.136 e. The van der Waals surface area contributed by atoms with Crippen LogP contribution in [0.25, 0.3) is 0 Å². The smallest absolute Gasteiger partial charge is 0.136 e. The summed E-state index contributed by atoms with van der Waals surface area (Å²) < 4.78 is 5.61. The molecule has 0 spiro atoms. The molecule has 1 unspecified atom stereocenters. The number of rotatable bonds is 5. The summed E-state index contributed by atoms with van der Waals surface area (Å²) in [5.74, 6) is 1.56. The van der Waals surface area contributed by atoms with Crippen LogP contribution in [0, 0.1) is 0 Å². The molecule has 2 N–H and O–H groups in total. The van der Waals surface area contributed by atoms with Crippen molar-refractivity contribution in [3.05, 3.63) is 22.6 Å². The Morgan fingerprint density at radius 3 is 2.47 bits per heavy atom. The number of halogens is 1. The summed E-state index contributed by atoms with van der Waals surface area (Å²) >= 11 is 5.99. The first-order chi connectivity index (χ1) is 7.13. The molecule has 0 radical (unpaired) electrons. The minimum atomic E-state index is 0.248. The van der Waals surface area contributed by atoms with E-state index in [1.807, 2.05) is 6.07 Å². The summed E-state index contributed by atoms with van der Waals surface area (Å²) in [4.78, 5) is 2.30. The van der Waals surface area contributed by atoms with Gasteiger partial charge in [0.1, 0.15) is 11.5 Å². The largest absolute Gasteiger partial charge is 0.461 e. The molecule has 15 heavy (non-hydrogen) atoms. The first-order valence-electron chi connectivity index (χ1n) is 5.36. The Morgan fingerprint density at radius 2 is 2.07 bits per heavy atom. The molecule has 4 heteroatoms. The van der Waals surface area contributed by atoms with Crippen molar-refractivity contribution in [3.8, 4) is 0 Å². The van der Waals surface area contributed by atoms with Crippen molar-refractivity contribution in [2.24, 2.45) is 5.73 Å². The Labute approximate surface area is 96.2 Å². The third kappa shape index (κ3) is 2.74. The van der Waals surface area contributed by atoms with Crippen LogP contribution < -0.4 is 5.73 Å². The molecule has 0 saturated heterocycles. The van der Waals surface area contributed by atoms with Crippen LogP contribution in [0.4, 0.5) is 0 Å². The minimum Gasteiger partial charge on any atom is -0.461 e. The number of furan rings is 1. The van der Waals surface area contributed by atoms with Crippen LogP contribution in [0.2, 0.25) is 5.02 Å². The fourth-order valence-corrected chi connectivity index (χ4v) is 1.95. The van der Waals surface area contributed by atoms with Gasteiger partial charge in [-0.2, -0.15) is 0 Å². The van der Waals surface area contributed by atoms with E-state index in [0.717, 1.165) is 18.8 Å². The van der Waals surface area contributed by atoms with E-state index in [1.165, 1.54) is 0 Å². The first-order valence-corrected chi connectivity index (χ1v) is 5.74. The molecule has 86 valence electrons. The standard InChI is InChI=1S/C11H19ClN2O/c1-4-14(5-2)8(3)10-6-9(12)11(7-13)15-10/h6,8H,4-5,7,13H2,1-3H3. The van der Waals surface area contributed by atoms with Crippen LogP contribution >= 0.6 is 11.6 Å². The third-order valence-corrected chi connectivity index (χ3v) is 3.05.